The second-order valence-corrected chi connectivity index (χ2v) is 4.96. The molecular weight excluding hydrogens is 188 g/mol. The van der Waals surface area contributed by atoms with Gasteiger partial charge in [0.25, 0.3) is 0 Å². The first-order valence-corrected chi connectivity index (χ1v) is 6.08. The van der Waals surface area contributed by atoms with E-state index in [0.29, 0.717) is 30.5 Å². The van der Waals surface area contributed by atoms with Gasteiger partial charge in [-0.15, -0.1) is 0 Å². The van der Waals surface area contributed by atoms with Crippen molar-refractivity contribution in [1.29, 1.82) is 0 Å². The Morgan fingerprint density at radius 2 is 2.20 bits per heavy atom. The van der Waals surface area contributed by atoms with E-state index in [2.05, 4.69) is 13.8 Å². The van der Waals surface area contributed by atoms with Gasteiger partial charge in [-0.1, -0.05) is 26.7 Å². The van der Waals surface area contributed by atoms with Crippen molar-refractivity contribution in [1.82, 2.24) is 0 Å². The van der Waals surface area contributed by atoms with Crippen LogP contribution in [-0.2, 0) is 9.59 Å². The molecule has 1 aliphatic rings. The number of carbonyl (C=O) groups excluding carboxylic acids is 2. The summed E-state index contributed by atoms with van der Waals surface area (Å²) in [6, 6.07) is 0. The number of ketones is 2. The zero-order valence-corrected chi connectivity index (χ0v) is 10.1. The fourth-order valence-corrected chi connectivity index (χ4v) is 2.95. The summed E-state index contributed by atoms with van der Waals surface area (Å²) in [5.41, 5.74) is 0. The number of hydrogen-bond donors (Lipinski definition) is 0. The first-order valence-electron chi connectivity index (χ1n) is 6.08. The van der Waals surface area contributed by atoms with E-state index in [1.807, 2.05) is 0 Å². The number of carbonyl (C=O) groups is 2. The smallest absolute Gasteiger partial charge is 0.136 e. The fraction of sp³-hybridized carbons (Fsp3) is 0.846. The van der Waals surface area contributed by atoms with Crippen molar-refractivity contribution < 1.29 is 9.59 Å². The molecule has 0 aromatic carbocycles. The van der Waals surface area contributed by atoms with E-state index in [-0.39, 0.29) is 11.7 Å². The largest absolute Gasteiger partial charge is 0.300 e. The Morgan fingerprint density at radius 3 is 2.73 bits per heavy atom. The Labute approximate surface area is 92.4 Å². The molecule has 2 heteroatoms. The number of hydrogen-bond acceptors (Lipinski definition) is 2. The van der Waals surface area contributed by atoms with E-state index < -0.39 is 0 Å². The van der Waals surface area contributed by atoms with Gasteiger partial charge in [0.15, 0.2) is 0 Å². The molecule has 0 saturated heterocycles. The molecule has 0 aliphatic heterocycles. The topological polar surface area (TPSA) is 34.1 Å². The standard InChI is InChI=1S/C13H22O2/c1-4-5-9(2)13-11(8-10(3)14)6-7-12(13)15/h9,11,13H,4-8H2,1-3H3. The molecule has 1 aliphatic carbocycles. The molecule has 1 fully saturated rings. The summed E-state index contributed by atoms with van der Waals surface area (Å²) >= 11 is 0. The van der Waals surface area contributed by atoms with Crippen LogP contribution in [0.2, 0.25) is 0 Å². The molecule has 0 radical (unpaired) electrons. The highest BCUT2D eigenvalue weighted by Gasteiger charge is 2.37. The third-order valence-electron chi connectivity index (χ3n) is 3.55. The van der Waals surface area contributed by atoms with E-state index in [1.54, 1.807) is 6.92 Å². The maximum Gasteiger partial charge on any atom is 0.136 e. The lowest BCUT2D eigenvalue weighted by Crippen LogP contribution is -2.24. The Kier molecular flexibility index (Phi) is 4.49. The van der Waals surface area contributed by atoms with Crippen LogP contribution in [0.5, 0.6) is 0 Å². The van der Waals surface area contributed by atoms with Crippen LogP contribution in [0, 0.1) is 17.8 Å². The zero-order chi connectivity index (χ0) is 11.4. The first-order chi connectivity index (χ1) is 7.06. The minimum atomic E-state index is 0.161. The molecule has 1 rings (SSSR count). The zero-order valence-electron chi connectivity index (χ0n) is 10.1. The molecule has 0 aromatic heterocycles. The molecule has 15 heavy (non-hydrogen) atoms. The average Bonchev–Trinajstić information content (AvgIpc) is 2.46. The SMILES string of the molecule is CCCC(C)C1C(=O)CCC1CC(C)=O. The minimum Gasteiger partial charge on any atom is -0.300 e. The molecule has 0 spiro atoms. The second-order valence-electron chi connectivity index (χ2n) is 4.96. The molecular formula is C13H22O2. The van der Waals surface area contributed by atoms with Crippen molar-refractivity contribution >= 4 is 11.6 Å². The third-order valence-corrected chi connectivity index (χ3v) is 3.55. The summed E-state index contributed by atoms with van der Waals surface area (Å²) in [5, 5.41) is 0. The monoisotopic (exact) mass is 210 g/mol. The van der Waals surface area contributed by atoms with Crippen LogP contribution in [0.4, 0.5) is 0 Å². The van der Waals surface area contributed by atoms with Crippen LogP contribution in [0.25, 0.3) is 0 Å². The fourth-order valence-electron chi connectivity index (χ4n) is 2.95. The van der Waals surface area contributed by atoms with Gasteiger partial charge >= 0.3 is 0 Å². The van der Waals surface area contributed by atoms with Gasteiger partial charge in [-0.3, -0.25) is 4.79 Å². The lowest BCUT2D eigenvalue weighted by Gasteiger charge is -2.23. The molecule has 3 atom stereocenters. The highest BCUT2D eigenvalue weighted by Crippen LogP contribution is 2.38. The van der Waals surface area contributed by atoms with Crippen molar-refractivity contribution in [3.63, 3.8) is 0 Å². The lowest BCUT2D eigenvalue weighted by atomic mass is 9.80. The predicted octanol–water partition coefficient (Wildman–Crippen LogP) is 3.00. The van der Waals surface area contributed by atoms with E-state index >= 15 is 0 Å². The quantitative estimate of drug-likeness (QED) is 0.699. The normalized spacial score (nSPS) is 28.1. The minimum absolute atomic E-state index is 0.161. The summed E-state index contributed by atoms with van der Waals surface area (Å²) in [6.07, 6.45) is 4.45. The Morgan fingerprint density at radius 1 is 1.53 bits per heavy atom. The highest BCUT2D eigenvalue weighted by atomic mass is 16.1. The molecule has 1 saturated carbocycles. The van der Waals surface area contributed by atoms with Gasteiger partial charge in [0.2, 0.25) is 0 Å². The Bertz CT molecular complexity index is 245. The van der Waals surface area contributed by atoms with Gasteiger partial charge in [0, 0.05) is 18.8 Å². The third kappa shape index (κ3) is 3.15. The molecule has 2 nitrogen and oxygen atoms in total. The Hall–Kier alpha value is -0.660. The van der Waals surface area contributed by atoms with Crippen molar-refractivity contribution in [2.45, 2.75) is 52.9 Å². The molecule has 0 amide bonds. The maximum absolute atomic E-state index is 11.8. The van der Waals surface area contributed by atoms with Crippen LogP contribution in [0.1, 0.15) is 52.9 Å². The van der Waals surface area contributed by atoms with Gasteiger partial charge in [0.05, 0.1) is 0 Å². The molecule has 0 aromatic rings. The van der Waals surface area contributed by atoms with Crippen LogP contribution in [0.15, 0.2) is 0 Å². The molecule has 0 bridgehead atoms. The van der Waals surface area contributed by atoms with Crippen LogP contribution in [0.3, 0.4) is 0 Å². The van der Waals surface area contributed by atoms with Crippen LogP contribution >= 0.6 is 0 Å². The van der Waals surface area contributed by atoms with Gasteiger partial charge in [-0.05, 0) is 25.2 Å². The van der Waals surface area contributed by atoms with Crippen molar-refractivity contribution in [3.8, 4) is 0 Å². The van der Waals surface area contributed by atoms with Gasteiger partial charge in [-0.2, -0.15) is 0 Å². The van der Waals surface area contributed by atoms with Crippen LogP contribution in [-0.4, -0.2) is 11.6 Å². The number of rotatable bonds is 5. The van der Waals surface area contributed by atoms with E-state index in [0.717, 1.165) is 19.3 Å². The molecule has 0 heterocycles. The Balaban J connectivity index is 2.63. The second kappa shape index (κ2) is 5.43. The average molecular weight is 210 g/mol. The first kappa shape index (κ1) is 12.4. The van der Waals surface area contributed by atoms with E-state index in [1.165, 1.54) is 0 Å². The summed E-state index contributed by atoms with van der Waals surface area (Å²) in [7, 11) is 0. The van der Waals surface area contributed by atoms with E-state index in [9.17, 15) is 9.59 Å². The summed E-state index contributed by atoms with van der Waals surface area (Å²) in [6.45, 7) is 5.94. The van der Waals surface area contributed by atoms with Gasteiger partial charge in [0.1, 0.15) is 11.6 Å². The van der Waals surface area contributed by atoms with Gasteiger partial charge in [-0.25, -0.2) is 0 Å². The van der Waals surface area contributed by atoms with Crippen molar-refractivity contribution in [2.24, 2.45) is 17.8 Å². The van der Waals surface area contributed by atoms with Crippen molar-refractivity contribution in [3.05, 3.63) is 0 Å². The maximum atomic E-state index is 11.8. The molecule has 0 N–H and O–H groups in total. The lowest BCUT2D eigenvalue weighted by molar-refractivity contribution is -0.123. The summed E-state index contributed by atoms with van der Waals surface area (Å²) in [5.74, 6) is 1.56. The van der Waals surface area contributed by atoms with Crippen molar-refractivity contribution in [2.75, 3.05) is 0 Å². The molecule has 3 unspecified atom stereocenters. The molecule has 86 valence electrons. The van der Waals surface area contributed by atoms with E-state index in [4.69, 9.17) is 0 Å². The van der Waals surface area contributed by atoms with Crippen LogP contribution < -0.4 is 0 Å². The summed E-state index contributed by atoms with van der Waals surface area (Å²) < 4.78 is 0. The predicted molar refractivity (Wildman–Crippen MR) is 60.6 cm³/mol. The number of Topliss-reactive ketones (excluding diaryl/α,β-unsaturated/α-hetero) is 2. The van der Waals surface area contributed by atoms with Gasteiger partial charge < -0.3 is 4.79 Å². The summed E-state index contributed by atoms with van der Waals surface area (Å²) in [4.78, 5) is 22.9. The highest BCUT2D eigenvalue weighted by molar-refractivity contribution is 5.85.